The van der Waals surface area contributed by atoms with Gasteiger partial charge >= 0.3 is 0 Å². The summed E-state index contributed by atoms with van der Waals surface area (Å²) in [6.45, 7) is 8.30. The number of hydrogen-bond acceptors (Lipinski definition) is 7. The summed E-state index contributed by atoms with van der Waals surface area (Å²) in [4.78, 5) is 27.6. The summed E-state index contributed by atoms with van der Waals surface area (Å²) in [6.07, 6.45) is 0.863. The number of rotatable bonds is 8. The number of fused-ring (bicyclic) bond motifs is 1. The molecule has 0 saturated carbocycles. The average Bonchev–Trinajstić information content (AvgIpc) is 3.41. The van der Waals surface area contributed by atoms with E-state index in [-0.39, 0.29) is 5.91 Å². The van der Waals surface area contributed by atoms with Crippen molar-refractivity contribution in [3.63, 3.8) is 0 Å². The fraction of sp³-hybridized carbons (Fsp3) is 0.364. The molecule has 0 radical (unpaired) electrons. The van der Waals surface area contributed by atoms with Crippen LogP contribution < -0.4 is 10.1 Å². The third kappa shape index (κ3) is 6.07. The quantitative estimate of drug-likeness (QED) is 0.254. The average molecular weight is 636 g/mol. The Morgan fingerprint density at radius 2 is 1.70 bits per heavy atom. The number of carbonyl (C=O) groups excluding carboxylic acids is 1. The molecule has 0 bridgehead atoms. The molecule has 6 rings (SSSR count). The molecule has 2 aromatic heterocycles. The fourth-order valence-electron chi connectivity index (χ4n) is 5.96. The van der Waals surface area contributed by atoms with E-state index >= 15 is 0 Å². The highest BCUT2D eigenvalue weighted by molar-refractivity contribution is 6.39. The van der Waals surface area contributed by atoms with Crippen LogP contribution in [0.4, 0.5) is 5.69 Å². The summed E-state index contributed by atoms with van der Waals surface area (Å²) in [7, 11) is 3.69. The van der Waals surface area contributed by atoms with Crippen molar-refractivity contribution in [1.82, 2.24) is 24.3 Å². The monoisotopic (exact) mass is 634 g/mol. The molecule has 11 heteroatoms. The van der Waals surface area contributed by atoms with Crippen molar-refractivity contribution in [1.29, 1.82) is 0 Å². The highest BCUT2D eigenvalue weighted by Crippen LogP contribution is 2.41. The number of ether oxygens (including phenoxy) is 2. The second-order valence-electron chi connectivity index (χ2n) is 11.1. The van der Waals surface area contributed by atoms with Gasteiger partial charge in [-0.3, -0.25) is 9.69 Å². The Bertz CT molecular complexity index is 1680. The summed E-state index contributed by atoms with van der Waals surface area (Å²) in [5.74, 6) is 0.666. The molecule has 4 aromatic rings. The number of carbonyl (C=O) groups is 1. The molecular formula is C33H36Cl2N6O3. The lowest BCUT2D eigenvalue weighted by Gasteiger charge is -2.27. The molecule has 1 amide bonds. The first-order valence-electron chi connectivity index (χ1n) is 14.9. The molecule has 1 N–H and O–H groups in total. The van der Waals surface area contributed by atoms with Crippen molar-refractivity contribution in [2.45, 2.75) is 33.0 Å². The Kier molecular flexibility index (Phi) is 9.21. The van der Waals surface area contributed by atoms with Gasteiger partial charge in [0.25, 0.3) is 5.91 Å². The molecule has 4 heterocycles. The minimum atomic E-state index is -0.295. The summed E-state index contributed by atoms with van der Waals surface area (Å²) in [5.41, 5.74) is 6.46. The van der Waals surface area contributed by atoms with Crippen LogP contribution in [0.2, 0.25) is 10.0 Å². The number of hydrogen-bond donors (Lipinski definition) is 1. The molecule has 230 valence electrons. The molecule has 0 atom stereocenters. The van der Waals surface area contributed by atoms with Gasteiger partial charge < -0.3 is 24.3 Å². The summed E-state index contributed by atoms with van der Waals surface area (Å²) in [5, 5.41) is 3.90. The van der Waals surface area contributed by atoms with Gasteiger partial charge in [-0.15, -0.1) is 0 Å². The zero-order valence-electron chi connectivity index (χ0n) is 25.2. The maximum Gasteiger partial charge on any atom is 0.291 e. The molecule has 1 fully saturated rings. The second kappa shape index (κ2) is 13.3. The van der Waals surface area contributed by atoms with E-state index in [2.05, 4.69) is 22.2 Å². The number of benzene rings is 2. The number of morpholine rings is 1. The SMILES string of the molecule is CCn1c(C(=O)Nc2cccc(-c3cccc(-c4ccc(CN5CCOCC5)c(OC)n4)c3Cl)c2Cl)nc2c1CCN(C)C2. The lowest BCUT2D eigenvalue weighted by molar-refractivity contribution is 0.0338. The van der Waals surface area contributed by atoms with Crippen molar-refractivity contribution < 1.29 is 14.3 Å². The third-order valence-electron chi connectivity index (χ3n) is 8.27. The van der Waals surface area contributed by atoms with Crippen LogP contribution in [-0.2, 0) is 30.8 Å². The third-order valence-corrected chi connectivity index (χ3v) is 9.08. The van der Waals surface area contributed by atoms with Crippen LogP contribution in [0, 0.1) is 0 Å². The van der Waals surface area contributed by atoms with Crippen molar-refractivity contribution in [3.8, 4) is 28.3 Å². The first kappa shape index (κ1) is 30.6. The smallest absolute Gasteiger partial charge is 0.291 e. The minimum Gasteiger partial charge on any atom is -0.481 e. The Morgan fingerprint density at radius 1 is 0.977 bits per heavy atom. The normalized spacial score (nSPS) is 15.7. The molecule has 1 saturated heterocycles. The number of aromatic nitrogens is 3. The Morgan fingerprint density at radius 3 is 2.45 bits per heavy atom. The highest BCUT2D eigenvalue weighted by Gasteiger charge is 2.26. The first-order valence-corrected chi connectivity index (χ1v) is 15.6. The van der Waals surface area contributed by atoms with Gasteiger partial charge in [-0.05, 0) is 26.1 Å². The fourth-order valence-corrected chi connectivity index (χ4v) is 6.56. The molecule has 2 aromatic carbocycles. The Balaban J connectivity index is 1.28. The van der Waals surface area contributed by atoms with Gasteiger partial charge in [-0.25, -0.2) is 9.97 Å². The van der Waals surface area contributed by atoms with Gasteiger partial charge in [0, 0.05) is 73.6 Å². The predicted molar refractivity (Wildman–Crippen MR) is 174 cm³/mol. The van der Waals surface area contributed by atoms with Gasteiger partial charge in [-0.1, -0.05) is 59.6 Å². The van der Waals surface area contributed by atoms with Crippen molar-refractivity contribution in [2.24, 2.45) is 0 Å². The van der Waals surface area contributed by atoms with Crippen molar-refractivity contribution >= 4 is 34.8 Å². The first-order chi connectivity index (χ1) is 21.4. The number of halogens is 2. The van der Waals surface area contributed by atoms with E-state index in [0.29, 0.717) is 45.2 Å². The summed E-state index contributed by atoms with van der Waals surface area (Å²) < 4.78 is 13.2. The molecule has 0 unspecified atom stereocenters. The van der Waals surface area contributed by atoms with Crippen molar-refractivity contribution in [3.05, 3.63) is 81.4 Å². The summed E-state index contributed by atoms with van der Waals surface area (Å²) >= 11 is 14.0. The number of methoxy groups -OCH3 is 1. The van der Waals surface area contributed by atoms with E-state index in [1.165, 1.54) is 0 Å². The van der Waals surface area contributed by atoms with Crippen molar-refractivity contribution in [2.75, 3.05) is 52.3 Å². The molecular weight excluding hydrogens is 599 g/mol. The van der Waals surface area contributed by atoms with Gasteiger partial charge in [0.05, 0.1) is 47.4 Å². The molecule has 44 heavy (non-hydrogen) atoms. The standard InChI is InChI=1S/C33H36Cl2N6O3/c1-4-41-28-13-14-39(2)20-27(28)36-31(41)32(42)37-26-10-6-8-23(30(26)35)22-7-5-9-24(29(22)34)25-12-11-21(33(38-25)43-3)19-40-15-17-44-18-16-40/h5-12H,4,13-20H2,1-3H3,(H,37,42). The molecule has 2 aliphatic rings. The number of anilines is 1. The van der Waals surface area contributed by atoms with Gasteiger partial charge in [-0.2, -0.15) is 0 Å². The van der Waals surface area contributed by atoms with Crippen LogP contribution in [0.25, 0.3) is 22.4 Å². The predicted octanol–water partition coefficient (Wildman–Crippen LogP) is 6.02. The largest absolute Gasteiger partial charge is 0.481 e. The maximum atomic E-state index is 13.5. The number of nitrogens with zero attached hydrogens (tertiary/aromatic N) is 5. The van der Waals surface area contributed by atoms with Crippen LogP contribution >= 0.6 is 23.2 Å². The zero-order chi connectivity index (χ0) is 30.8. The topological polar surface area (TPSA) is 84.8 Å². The van der Waals surface area contributed by atoms with E-state index in [0.717, 1.165) is 80.4 Å². The van der Waals surface area contributed by atoms with Crippen LogP contribution in [0.1, 0.15) is 34.5 Å². The van der Waals surface area contributed by atoms with Crippen LogP contribution in [0.5, 0.6) is 5.88 Å². The summed E-state index contributed by atoms with van der Waals surface area (Å²) in [6, 6.07) is 15.3. The van der Waals surface area contributed by atoms with E-state index < -0.39 is 0 Å². The molecule has 2 aliphatic heterocycles. The van der Waals surface area contributed by atoms with Crippen LogP contribution in [0.15, 0.2) is 48.5 Å². The minimum absolute atomic E-state index is 0.295. The van der Waals surface area contributed by atoms with E-state index in [1.54, 1.807) is 13.2 Å². The van der Waals surface area contributed by atoms with Crippen LogP contribution in [-0.4, -0.2) is 77.2 Å². The molecule has 0 aliphatic carbocycles. The van der Waals surface area contributed by atoms with Crippen LogP contribution in [0.3, 0.4) is 0 Å². The van der Waals surface area contributed by atoms with Gasteiger partial charge in [0.2, 0.25) is 5.88 Å². The van der Waals surface area contributed by atoms with Gasteiger partial charge in [0.1, 0.15) is 0 Å². The highest BCUT2D eigenvalue weighted by atomic mass is 35.5. The molecule has 0 spiro atoms. The number of likely N-dealkylation sites (N-methyl/N-ethyl adjacent to an activating group) is 1. The zero-order valence-corrected chi connectivity index (χ0v) is 26.7. The van der Waals surface area contributed by atoms with E-state index in [1.807, 2.05) is 54.0 Å². The lowest BCUT2D eigenvalue weighted by Crippen LogP contribution is -2.35. The second-order valence-corrected chi connectivity index (χ2v) is 11.9. The lowest BCUT2D eigenvalue weighted by atomic mass is 10.00. The number of amides is 1. The van der Waals surface area contributed by atoms with Gasteiger partial charge in [0.15, 0.2) is 5.82 Å². The Labute approximate surface area is 267 Å². The number of nitrogens with one attached hydrogen (secondary N) is 1. The number of imidazole rings is 1. The Hall–Kier alpha value is -3.47. The number of pyridine rings is 1. The maximum absolute atomic E-state index is 13.5. The van der Waals surface area contributed by atoms with E-state index in [4.69, 9.17) is 42.6 Å². The molecule has 9 nitrogen and oxygen atoms in total. The van der Waals surface area contributed by atoms with E-state index in [9.17, 15) is 4.79 Å².